The molecule has 0 amide bonds. The van der Waals surface area contributed by atoms with Crippen molar-refractivity contribution in [1.82, 2.24) is 10.6 Å². The number of benzene rings is 1. The minimum Gasteiger partial charge on any atom is -0.493 e. The third-order valence-corrected chi connectivity index (χ3v) is 4.12. The van der Waals surface area contributed by atoms with Crippen molar-refractivity contribution >= 4 is 17.7 Å². The molecule has 130 valence electrons. The molecule has 1 aromatic carbocycles. The van der Waals surface area contributed by atoms with Crippen LogP contribution in [0.3, 0.4) is 0 Å². The molecule has 4 nitrogen and oxygen atoms in total. The first-order valence-electron chi connectivity index (χ1n) is 8.37. The lowest BCUT2D eigenvalue weighted by Crippen LogP contribution is -2.37. The van der Waals surface area contributed by atoms with Crippen molar-refractivity contribution in [2.75, 3.05) is 32.2 Å². The molecule has 23 heavy (non-hydrogen) atoms. The van der Waals surface area contributed by atoms with Crippen molar-refractivity contribution in [2.45, 2.75) is 39.7 Å². The summed E-state index contributed by atoms with van der Waals surface area (Å²) in [6.07, 6.45) is 5.56. The fraction of sp³-hybridized carbons (Fsp3) is 0.611. The van der Waals surface area contributed by atoms with Crippen LogP contribution in [0.4, 0.5) is 0 Å². The smallest absolute Gasteiger partial charge is 0.191 e. The summed E-state index contributed by atoms with van der Waals surface area (Å²) < 4.78 is 5.86. The second-order valence-electron chi connectivity index (χ2n) is 5.51. The molecule has 0 unspecified atom stereocenters. The van der Waals surface area contributed by atoms with Gasteiger partial charge in [-0.3, -0.25) is 4.99 Å². The average Bonchev–Trinajstić information content (AvgIpc) is 2.56. The highest BCUT2D eigenvalue weighted by Crippen LogP contribution is 2.20. The Labute approximate surface area is 145 Å². The zero-order chi connectivity index (χ0) is 16.9. The molecule has 0 spiro atoms. The number of aryl methyl sites for hydroxylation is 1. The Kier molecular flexibility index (Phi) is 10.4. The van der Waals surface area contributed by atoms with Crippen molar-refractivity contribution < 1.29 is 4.74 Å². The number of ether oxygens (including phenoxy) is 1. The highest BCUT2D eigenvalue weighted by atomic mass is 32.2. The first-order valence-corrected chi connectivity index (χ1v) is 9.76. The van der Waals surface area contributed by atoms with Crippen LogP contribution >= 0.6 is 11.8 Å². The standard InChI is InChI=1S/C18H31N3OS/c1-5-11-22-17-13-15(2)8-9-16(17)14-21-18(19-3)20-10-6-7-12-23-4/h8-9,13H,5-7,10-12,14H2,1-4H3,(H2,19,20,21). The number of unbranched alkanes of at least 4 members (excludes halogenated alkanes) is 1. The lowest BCUT2D eigenvalue weighted by Gasteiger charge is -2.15. The normalized spacial score (nSPS) is 11.4. The van der Waals surface area contributed by atoms with E-state index in [0.717, 1.165) is 43.3 Å². The molecule has 2 N–H and O–H groups in total. The SMILES string of the molecule is CCCOc1cc(C)ccc1CNC(=NC)NCCCCSC. The van der Waals surface area contributed by atoms with Crippen molar-refractivity contribution in [1.29, 1.82) is 0 Å². The highest BCUT2D eigenvalue weighted by molar-refractivity contribution is 7.98. The number of hydrogen-bond donors (Lipinski definition) is 2. The van der Waals surface area contributed by atoms with Crippen molar-refractivity contribution in [2.24, 2.45) is 4.99 Å². The maximum atomic E-state index is 5.86. The minimum atomic E-state index is 0.712. The van der Waals surface area contributed by atoms with Gasteiger partial charge < -0.3 is 15.4 Å². The lowest BCUT2D eigenvalue weighted by atomic mass is 10.1. The molecule has 0 aromatic heterocycles. The number of aliphatic imine (C=N–C) groups is 1. The zero-order valence-corrected chi connectivity index (χ0v) is 15.8. The van der Waals surface area contributed by atoms with E-state index in [2.05, 4.69) is 53.9 Å². The molecule has 0 atom stereocenters. The summed E-state index contributed by atoms with van der Waals surface area (Å²) in [6.45, 7) is 6.62. The van der Waals surface area contributed by atoms with Crippen LogP contribution in [0.2, 0.25) is 0 Å². The maximum Gasteiger partial charge on any atom is 0.191 e. The molecule has 5 heteroatoms. The molecular formula is C18H31N3OS. The fourth-order valence-corrected chi connectivity index (χ4v) is 2.62. The van der Waals surface area contributed by atoms with Gasteiger partial charge in [0.25, 0.3) is 0 Å². The largest absolute Gasteiger partial charge is 0.493 e. The molecule has 0 fully saturated rings. The monoisotopic (exact) mass is 337 g/mol. The van der Waals surface area contributed by atoms with Crippen molar-refractivity contribution in [3.05, 3.63) is 29.3 Å². The van der Waals surface area contributed by atoms with Crippen LogP contribution in [0, 0.1) is 6.92 Å². The third kappa shape index (κ3) is 8.16. The Bertz CT molecular complexity index is 477. The molecule has 0 bridgehead atoms. The van der Waals surface area contributed by atoms with Gasteiger partial charge >= 0.3 is 0 Å². The van der Waals surface area contributed by atoms with E-state index in [1.165, 1.54) is 17.7 Å². The summed E-state index contributed by atoms with van der Waals surface area (Å²) in [5.41, 5.74) is 2.38. The van der Waals surface area contributed by atoms with Crippen LogP contribution in [0.1, 0.15) is 37.3 Å². The van der Waals surface area contributed by atoms with Crippen LogP contribution in [0.5, 0.6) is 5.75 Å². The minimum absolute atomic E-state index is 0.712. The van der Waals surface area contributed by atoms with Gasteiger partial charge in [-0.15, -0.1) is 0 Å². The Hall–Kier alpha value is -1.36. The molecular weight excluding hydrogens is 306 g/mol. The van der Waals surface area contributed by atoms with Gasteiger partial charge in [0.05, 0.1) is 6.61 Å². The Balaban J connectivity index is 2.48. The fourth-order valence-electron chi connectivity index (χ4n) is 2.13. The zero-order valence-electron chi connectivity index (χ0n) is 14.9. The number of thioether (sulfide) groups is 1. The highest BCUT2D eigenvalue weighted by Gasteiger charge is 2.05. The quantitative estimate of drug-likeness (QED) is 0.389. The van der Waals surface area contributed by atoms with E-state index >= 15 is 0 Å². The van der Waals surface area contributed by atoms with E-state index in [-0.39, 0.29) is 0 Å². The number of nitrogens with one attached hydrogen (secondary N) is 2. The summed E-state index contributed by atoms with van der Waals surface area (Å²) in [5.74, 6) is 3.03. The molecule has 0 aliphatic heterocycles. The number of guanidine groups is 1. The molecule has 0 saturated heterocycles. The van der Waals surface area contributed by atoms with Gasteiger partial charge in [-0.25, -0.2) is 0 Å². The molecule has 0 saturated carbocycles. The summed E-state index contributed by atoms with van der Waals surface area (Å²) in [4.78, 5) is 4.28. The molecule has 1 rings (SSSR count). The van der Waals surface area contributed by atoms with Gasteiger partial charge in [0.2, 0.25) is 0 Å². The van der Waals surface area contributed by atoms with E-state index < -0.39 is 0 Å². The topological polar surface area (TPSA) is 45.6 Å². The van der Waals surface area contributed by atoms with Gasteiger partial charge in [0, 0.05) is 25.7 Å². The Morgan fingerprint density at radius 3 is 2.78 bits per heavy atom. The van der Waals surface area contributed by atoms with E-state index in [9.17, 15) is 0 Å². The summed E-state index contributed by atoms with van der Waals surface area (Å²) in [7, 11) is 1.81. The molecule has 0 radical (unpaired) electrons. The third-order valence-electron chi connectivity index (χ3n) is 3.42. The Morgan fingerprint density at radius 1 is 1.26 bits per heavy atom. The first-order chi connectivity index (χ1) is 11.2. The number of nitrogens with zero attached hydrogens (tertiary/aromatic N) is 1. The molecule has 0 aliphatic carbocycles. The average molecular weight is 338 g/mol. The lowest BCUT2D eigenvalue weighted by molar-refractivity contribution is 0.313. The van der Waals surface area contributed by atoms with Gasteiger partial charge in [-0.1, -0.05) is 19.1 Å². The summed E-state index contributed by atoms with van der Waals surface area (Å²) in [6, 6.07) is 6.35. The van der Waals surface area contributed by atoms with E-state index in [0.29, 0.717) is 6.54 Å². The number of rotatable bonds is 10. The van der Waals surface area contributed by atoms with Crippen LogP contribution in [0.15, 0.2) is 23.2 Å². The maximum absolute atomic E-state index is 5.86. The van der Waals surface area contributed by atoms with E-state index in [4.69, 9.17) is 4.74 Å². The van der Waals surface area contributed by atoms with Gasteiger partial charge in [-0.05, 0) is 49.8 Å². The Morgan fingerprint density at radius 2 is 2.09 bits per heavy atom. The first kappa shape index (κ1) is 19.7. The van der Waals surface area contributed by atoms with Crippen molar-refractivity contribution in [3.63, 3.8) is 0 Å². The van der Waals surface area contributed by atoms with Crippen LogP contribution in [0.25, 0.3) is 0 Å². The summed E-state index contributed by atoms with van der Waals surface area (Å²) >= 11 is 1.90. The second kappa shape index (κ2) is 12.1. The van der Waals surface area contributed by atoms with Gasteiger partial charge in [0.1, 0.15) is 5.75 Å². The number of hydrogen-bond acceptors (Lipinski definition) is 3. The van der Waals surface area contributed by atoms with E-state index in [1.807, 2.05) is 11.8 Å². The van der Waals surface area contributed by atoms with Crippen LogP contribution < -0.4 is 15.4 Å². The van der Waals surface area contributed by atoms with E-state index in [1.54, 1.807) is 7.05 Å². The molecule has 1 aromatic rings. The van der Waals surface area contributed by atoms with Crippen LogP contribution in [-0.2, 0) is 6.54 Å². The predicted octanol–water partition coefficient (Wildman–Crippen LogP) is 3.59. The summed E-state index contributed by atoms with van der Waals surface area (Å²) in [5, 5.41) is 6.73. The van der Waals surface area contributed by atoms with Crippen LogP contribution in [-0.4, -0.2) is 38.2 Å². The predicted molar refractivity (Wildman–Crippen MR) is 103 cm³/mol. The van der Waals surface area contributed by atoms with Gasteiger partial charge in [-0.2, -0.15) is 11.8 Å². The second-order valence-corrected chi connectivity index (χ2v) is 6.50. The molecule has 0 aliphatic rings. The van der Waals surface area contributed by atoms with Gasteiger partial charge in [0.15, 0.2) is 5.96 Å². The molecule has 0 heterocycles. The van der Waals surface area contributed by atoms with Crippen molar-refractivity contribution in [3.8, 4) is 5.75 Å².